The number of Topliss-reactive ketones (excluding diaryl/α,β-unsaturated/α-hetero) is 1. The van der Waals surface area contributed by atoms with Gasteiger partial charge in [0.25, 0.3) is 0 Å². The number of rotatable bonds is 4. The van der Waals surface area contributed by atoms with Gasteiger partial charge >= 0.3 is 0 Å². The number of hydrazine groups is 1. The summed E-state index contributed by atoms with van der Waals surface area (Å²) in [5.74, 6) is 0.0428. The minimum Gasteiger partial charge on any atom is -0.331 e. The van der Waals surface area contributed by atoms with E-state index in [4.69, 9.17) is 12.2 Å². The van der Waals surface area contributed by atoms with Gasteiger partial charge in [-0.05, 0) is 60.6 Å². The summed E-state index contributed by atoms with van der Waals surface area (Å²) in [6.45, 7) is 1.56. The van der Waals surface area contributed by atoms with Gasteiger partial charge in [-0.2, -0.15) is 0 Å². The van der Waals surface area contributed by atoms with Crippen LogP contribution >= 0.6 is 12.2 Å². The number of nitrogens with zero attached hydrogens (tertiary/aromatic N) is 1. The number of nitrogens with one attached hydrogen (secondary N) is 2. The normalized spacial score (nSPS) is 15.4. The number of carbonyl (C=O) groups excluding carboxylic acids is 1. The largest absolute Gasteiger partial charge is 0.331 e. The third-order valence-corrected chi connectivity index (χ3v) is 5.13. The topological polar surface area (TPSA) is 44.4 Å². The summed E-state index contributed by atoms with van der Waals surface area (Å²) >= 11 is 5.71. The van der Waals surface area contributed by atoms with E-state index in [1.54, 1.807) is 19.1 Å². The Labute approximate surface area is 175 Å². The van der Waals surface area contributed by atoms with Crippen LogP contribution in [0.15, 0.2) is 91.0 Å². The molecule has 0 saturated heterocycles. The van der Waals surface area contributed by atoms with Crippen LogP contribution in [0, 0.1) is 0 Å². The van der Waals surface area contributed by atoms with Crippen molar-refractivity contribution in [2.24, 2.45) is 0 Å². The lowest BCUT2D eigenvalue weighted by Gasteiger charge is -2.28. The molecular weight excluding hydrogens is 378 g/mol. The number of hydrogen-bond acceptors (Lipinski definition) is 3. The molecule has 0 saturated carbocycles. The summed E-state index contributed by atoms with van der Waals surface area (Å²) < 4.78 is 0. The molecule has 1 atom stereocenters. The number of hydrogen-bond donors (Lipinski definition) is 2. The van der Waals surface area contributed by atoms with Crippen LogP contribution in [0.5, 0.6) is 0 Å². The van der Waals surface area contributed by atoms with Crippen molar-refractivity contribution in [2.45, 2.75) is 13.0 Å². The van der Waals surface area contributed by atoms with E-state index in [9.17, 15) is 4.79 Å². The van der Waals surface area contributed by atoms with Gasteiger partial charge in [-0.15, -0.1) is 0 Å². The van der Waals surface area contributed by atoms with Gasteiger partial charge in [0.1, 0.15) is 0 Å². The van der Waals surface area contributed by atoms with Crippen molar-refractivity contribution in [2.75, 3.05) is 5.32 Å². The zero-order valence-electron chi connectivity index (χ0n) is 16.0. The third kappa shape index (κ3) is 4.20. The summed E-state index contributed by atoms with van der Waals surface area (Å²) in [7, 11) is 0. The third-order valence-electron chi connectivity index (χ3n) is 4.83. The van der Waals surface area contributed by atoms with Crippen LogP contribution in [0.1, 0.15) is 34.5 Å². The first-order valence-corrected chi connectivity index (χ1v) is 9.83. The van der Waals surface area contributed by atoms with Crippen LogP contribution in [0.25, 0.3) is 5.70 Å². The first-order valence-electron chi connectivity index (χ1n) is 9.42. The number of ketones is 1. The second kappa shape index (κ2) is 8.29. The summed E-state index contributed by atoms with van der Waals surface area (Å²) in [6, 6.07) is 27.7. The highest BCUT2D eigenvalue weighted by atomic mass is 32.1. The minimum atomic E-state index is -0.0390. The Morgan fingerprint density at radius 1 is 0.931 bits per heavy atom. The molecule has 1 aliphatic rings. The van der Waals surface area contributed by atoms with E-state index >= 15 is 0 Å². The Bertz CT molecular complexity index is 1050. The number of carbonyl (C=O) groups is 1. The van der Waals surface area contributed by atoms with Gasteiger partial charge in [0.05, 0.1) is 11.7 Å². The monoisotopic (exact) mass is 399 g/mol. The molecule has 2 N–H and O–H groups in total. The van der Waals surface area contributed by atoms with Crippen LogP contribution in [-0.2, 0) is 0 Å². The Morgan fingerprint density at radius 2 is 1.55 bits per heavy atom. The molecule has 3 aromatic rings. The van der Waals surface area contributed by atoms with Crippen molar-refractivity contribution >= 4 is 34.5 Å². The lowest BCUT2D eigenvalue weighted by Crippen LogP contribution is -2.42. The van der Waals surface area contributed by atoms with Crippen LogP contribution in [0.3, 0.4) is 0 Å². The second-order valence-electron chi connectivity index (χ2n) is 6.85. The first-order chi connectivity index (χ1) is 14.1. The molecular formula is C24H21N3OS. The average Bonchev–Trinajstić information content (AvgIpc) is 3.21. The molecule has 4 nitrogen and oxygen atoms in total. The molecule has 0 radical (unpaired) electrons. The maximum Gasteiger partial charge on any atom is 0.193 e. The maximum absolute atomic E-state index is 11.5. The highest BCUT2D eigenvalue weighted by Gasteiger charge is 2.28. The van der Waals surface area contributed by atoms with Gasteiger partial charge < -0.3 is 5.32 Å². The van der Waals surface area contributed by atoms with E-state index in [1.165, 1.54) is 0 Å². The van der Waals surface area contributed by atoms with Gasteiger partial charge in [-0.1, -0.05) is 60.7 Å². The molecule has 0 unspecified atom stereocenters. The Kier molecular flexibility index (Phi) is 5.40. The lowest BCUT2D eigenvalue weighted by atomic mass is 10.0. The molecule has 1 aliphatic heterocycles. The molecule has 29 heavy (non-hydrogen) atoms. The fraction of sp³-hybridized carbons (Fsp3) is 0.0833. The van der Waals surface area contributed by atoms with Crippen LogP contribution in [-0.4, -0.2) is 15.9 Å². The number of anilines is 1. The molecule has 0 aliphatic carbocycles. The van der Waals surface area contributed by atoms with E-state index in [2.05, 4.69) is 41.1 Å². The fourth-order valence-corrected chi connectivity index (χ4v) is 3.57. The SMILES string of the molecule is CC(=O)c1ccc(NC(=S)N2NC(c3ccccc3)=C[C@@H]2c2ccccc2)cc1. The highest BCUT2D eigenvalue weighted by molar-refractivity contribution is 7.80. The number of thiocarbonyl (C=S) groups is 1. The quantitative estimate of drug-likeness (QED) is 0.467. The van der Waals surface area contributed by atoms with E-state index in [0.29, 0.717) is 10.7 Å². The molecule has 5 heteroatoms. The lowest BCUT2D eigenvalue weighted by molar-refractivity contribution is 0.101. The first kappa shape index (κ1) is 18.9. The molecule has 144 valence electrons. The smallest absolute Gasteiger partial charge is 0.193 e. The van der Waals surface area contributed by atoms with Crippen LogP contribution in [0.4, 0.5) is 5.69 Å². The Hall–Kier alpha value is -3.44. The molecule has 1 heterocycles. The zero-order valence-corrected chi connectivity index (χ0v) is 16.8. The molecule has 4 rings (SSSR count). The predicted octanol–water partition coefficient (Wildman–Crippen LogP) is 5.19. The summed E-state index contributed by atoms with van der Waals surface area (Å²) in [5.41, 5.74) is 8.21. The highest BCUT2D eigenvalue weighted by Crippen LogP contribution is 2.31. The van der Waals surface area contributed by atoms with E-state index in [1.807, 2.05) is 53.5 Å². The van der Waals surface area contributed by atoms with E-state index < -0.39 is 0 Å². The molecule has 0 amide bonds. The van der Waals surface area contributed by atoms with E-state index in [0.717, 1.165) is 22.5 Å². The standard InChI is InChI=1S/C24H21N3OS/c1-17(28)18-12-14-21(15-13-18)25-24(29)27-23(20-10-6-3-7-11-20)16-22(26-27)19-8-4-2-5-9-19/h2-16,23,26H,1H3,(H,25,29)/t23-/m1/s1. The average molecular weight is 400 g/mol. The minimum absolute atomic E-state index is 0.0390. The zero-order chi connectivity index (χ0) is 20.2. The summed E-state index contributed by atoms with van der Waals surface area (Å²) in [5, 5.41) is 5.77. The molecule has 0 fully saturated rings. The Balaban J connectivity index is 1.59. The van der Waals surface area contributed by atoms with Gasteiger partial charge in [-0.25, -0.2) is 0 Å². The second-order valence-corrected chi connectivity index (χ2v) is 7.23. The van der Waals surface area contributed by atoms with Crippen molar-refractivity contribution < 1.29 is 4.79 Å². The fourth-order valence-electron chi connectivity index (χ4n) is 3.29. The Morgan fingerprint density at radius 3 is 2.17 bits per heavy atom. The maximum atomic E-state index is 11.5. The van der Waals surface area contributed by atoms with Gasteiger partial charge in [0.15, 0.2) is 10.9 Å². The van der Waals surface area contributed by atoms with Crippen LogP contribution < -0.4 is 10.7 Å². The number of benzene rings is 3. The summed E-state index contributed by atoms with van der Waals surface area (Å²) in [6.07, 6.45) is 2.18. The molecule has 0 aromatic heterocycles. The van der Waals surface area contributed by atoms with Gasteiger partial charge in [0.2, 0.25) is 0 Å². The summed E-state index contributed by atoms with van der Waals surface area (Å²) in [4.78, 5) is 11.5. The molecule has 0 spiro atoms. The van der Waals surface area contributed by atoms with Crippen molar-refractivity contribution in [1.82, 2.24) is 10.4 Å². The van der Waals surface area contributed by atoms with E-state index in [-0.39, 0.29) is 11.8 Å². The van der Waals surface area contributed by atoms with Crippen molar-refractivity contribution in [3.05, 3.63) is 108 Å². The van der Waals surface area contributed by atoms with Crippen LogP contribution in [0.2, 0.25) is 0 Å². The molecule has 3 aromatic carbocycles. The van der Waals surface area contributed by atoms with Crippen molar-refractivity contribution in [3.63, 3.8) is 0 Å². The predicted molar refractivity (Wildman–Crippen MR) is 121 cm³/mol. The van der Waals surface area contributed by atoms with Crippen molar-refractivity contribution in [3.8, 4) is 0 Å². The van der Waals surface area contributed by atoms with Gasteiger partial charge in [-0.3, -0.25) is 15.2 Å². The van der Waals surface area contributed by atoms with Gasteiger partial charge in [0, 0.05) is 11.3 Å². The van der Waals surface area contributed by atoms with Crippen molar-refractivity contribution in [1.29, 1.82) is 0 Å². The molecule has 0 bridgehead atoms.